The van der Waals surface area contributed by atoms with E-state index in [1.807, 2.05) is 30.3 Å². The summed E-state index contributed by atoms with van der Waals surface area (Å²) in [5.74, 6) is -0.347. The van der Waals surface area contributed by atoms with Crippen LogP contribution >= 0.6 is 0 Å². The van der Waals surface area contributed by atoms with E-state index in [1.165, 1.54) is 25.1 Å². The minimum atomic E-state index is -0.450. The lowest BCUT2D eigenvalue weighted by Crippen LogP contribution is -1.94. The molecule has 120 valence electrons. The maximum Gasteiger partial charge on any atom is 0.243 e. The number of rotatable bonds is 4. The number of halogens is 1. The van der Waals surface area contributed by atoms with Gasteiger partial charge in [-0.15, -0.1) is 0 Å². The van der Waals surface area contributed by atoms with Crippen LogP contribution in [0.5, 0.6) is 0 Å². The van der Waals surface area contributed by atoms with Gasteiger partial charge in [0, 0.05) is 30.3 Å². The van der Waals surface area contributed by atoms with Gasteiger partial charge in [-0.25, -0.2) is 9.07 Å². The molecular weight excluding hydrogens is 309 g/mol. The molecule has 0 atom stereocenters. The van der Waals surface area contributed by atoms with Crippen molar-refractivity contribution in [3.63, 3.8) is 0 Å². The van der Waals surface area contributed by atoms with Gasteiger partial charge in [-0.3, -0.25) is 10.1 Å². The van der Waals surface area contributed by atoms with Gasteiger partial charge < -0.3 is 0 Å². The first kappa shape index (κ1) is 15.6. The van der Waals surface area contributed by atoms with E-state index in [4.69, 9.17) is 0 Å². The largest absolute Gasteiger partial charge is 0.259 e. The molecule has 3 aromatic rings. The van der Waals surface area contributed by atoms with E-state index in [-0.39, 0.29) is 11.5 Å². The summed E-state index contributed by atoms with van der Waals surface area (Å²) in [6.07, 6.45) is 3.19. The van der Waals surface area contributed by atoms with Crippen LogP contribution in [-0.4, -0.2) is 14.7 Å². The Morgan fingerprint density at radius 1 is 1.17 bits per heavy atom. The first-order valence-electron chi connectivity index (χ1n) is 7.28. The molecule has 24 heavy (non-hydrogen) atoms. The maximum atomic E-state index is 13.2. The van der Waals surface area contributed by atoms with Crippen molar-refractivity contribution in [1.82, 2.24) is 9.78 Å². The molecule has 6 heteroatoms. The average molecular weight is 323 g/mol. The second-order valence-electron chi connectivity index (χ2n) is 5.26. The lowest BCUT2D eigenvalue weighted by molar-refractivity contribution is -0.422. The van der Waals surface area contributed by atoms with Gasteiger partial charge in [0.1, 0.15) is 11.5 Å². The van der Waals surface area contributed by atoms with Crippen molar-refractivity contribution in [2.45, 2.75) is 6.92 Å². The second-order valence-corrected chi connectivity index (χ2v) is 5.26. The molecule has 0 bridgehead atoms. The number of benzene rings is 2. The molecule has 5 nitrogen and oxygen atoms in total. The van der Waals surface area contributed by atoms with Crippen LogP contribution in [-0.2, 0) is 0 Å². The molecule has 0 aliphatic rings. The van der Waals surface area contributed by atoms with Gasteiger partial charge >= 0.3 is 0 Å². The third-order valence-corrected chi connectivity index (χ3v) is 3.53. The van der Waals surface area contributed by atoms with Gasteiger partial charge in [0.2, 0.25) is 5.70 Å². The molecule has 3 rings (SSSR count). The highest BCUT2D eigenvalue weighted by Gasteiger charge is 2.13. The standard InChI is InChI=1S/C18H14FN3O2/c1-13(22(23)24)11-15-12-21(17-5-3-2-4-6-17)20-18(15)14-7-9-16(19)10-8-14/h2-12H,1H3/b13-11-. The highest BCUT2D eigenvalue weighted by atomic mass is 19.1. The quantitative estimate of drug-likeness (QED) is 0.531. The van der Waals surface area contributed by atoms with Crippen molar-refractivity contribution in [3.05, 3.63) is 88.0 Å². The minimum Gasteiger partial charge on any atom is -0.259 e. The summed E-state index contributed by atoms with van der Waals surface area (Å²) >= 11 is 0. The van der Waals surface area contributed by atoms with Crippen LogP contribution in [0.1, 0.15) is 12.5 Å². The fraction of sp³-hybridized carbons (Fsp3) is 0.0556. The van der Waals surface area contributed by atoms with Crippen molar-refractivity contribution < 1.29 is 9.31 Å². The molecule has 0 aliphatic carbocycles. The molecule has 0 saturated heterocycles. The molecule has 0 fully saturated rings. The second kappa shape index (κ2) is 6.45. The molecule has 0 N–H and O–H groups in total. The predicted octanol–water partition coefficient (Wildman–Crippen LogP) is 4.32. The van der Waals surface area contributed by atoms with E-state index >= 15 is 0 Å². The Morgan fingerprint density at radius 3 is 2.46 bits per heavy atom. The number of para-hydroxylation sites is 1. The number of aromatic nitrogens is 2. The van der Waals surface area contributed by atoms with Crippen LogP contribution in [0, 0.1) is 15.9 Å². The van der Waals surface area contributed by atoms with Crippen molar-refractivity contribution >= 4 is 6.08 Å². The fourth-order valence-corrected chi connectivity index (χ4v) is 2.32. The number of nitrogens with zero attached hydrogens (tertiary/aromatic N) is 3. The lowest BCUT2D eigenvalue weighted by atomic mass is 10.1. The number of hydrogen-bond acceptors (Lipinski definition) is 3. The van der Waals surface area contributed by atoms with Gasteiger partial charge in [-0.05, 0) is 36.4 Å². The highest BCUT2D eigenvalue weighted by Crippen LogP contribution is 2.26. The first-order valence-corrected chi connectivity index (χ1v) is 7.28. The number of hydrogen-bond donors (Lipinski definition) is 0. The zero-order chi connectivity index (χ0) is 17.1. The van der Waals surface area contributed by atoms with Crippen LogP contribution in [0.3, 0.4) is 0 Å². The van der Waals surface area contributed by atoms with E-state index in [2.05, 4.69) is 5.10 Å². The fourth-order valence-electron chi connectivity index (χ4n) is 2.32. The first-order chi connectivity index (χ1) is 11.5. The molecule has 0 radical (unpaired) electrons. The normalized spacial score (nSPS) is 11.5. The summed E-state index contributed by atoms with van der Waals surface area (Å²) in [7, 11) is 0. The van der Waals surface area contributed by atoms with Crippen LogP contribution in [0.2, 0.25) is 0 Å². The molecule has 0 saturated carbocycles. The average Bonchev–Trinajstić information content (AvgIpc) is 3.00. The maximum absolute atomic E-state index is 13.2. The number of allylic oxidation sites excluding steroid dienone is 1. The Bertz CT molecular complexity index is 900. The zero-order valence-corrected chi connectivity index (χ0v) is 12.9. The van der Waals surface area contributed by atoms with Crippen molar-refractivity contribution in [3.8, 4) is 16.9 Å². The molecule has 1 heterocycles. The molecule has 1 aromatic heterocycles. The van der Waals surface area contributed by atoms with Gasteiger partial charge in [0.25, 0.3) is 0 Å². The SMILES string of the molecule is C/C(=C/c1cn(-c2ccccc2)nc1-c1ccc(F)cc1)[N+](=O)[O-]. The van der Waals surface area contributed by atoms with E-state index in [9.17, 15) is 14.5 Å². The Morgan fingerprint density at radius 2 is 1.83 bits per heavy atom. The molecule has 0 spiro atoms. The van der Waals surface area contributed by atoms with Gasteiger partial charge in [0.05, 0.1) is 10.6 Å². The van der Waals surface area contributed by atoms with Crippen LogP contribution in [0.4, 0.5) is 4.39 Å². The predicted molar refractivity (Wildman–Crippen MR) is 89.6 cm³/mol. The third kappa shape index (κ3) is 3.22. The Balaban J connectivity index is 2.15. The molecular formula is C18H14FN3O2. The van der Waals surface area contributed by atoms with Crippen molar-refractivity contribution in [2.24, 2.45) is 0 Å². The summed E-state index contributed by atoms with van der Waals surface area (Å²) in [6.45, 7) is 1.42. The molecule has 0 unspecified atom stereocenters. The highest BCUT2D eigenvalue weighted by molar-refractivity contribution is 5.72. The number of nitro groups is 1. The van der Waals surface area contributed by atoms with E-state index in [1.54, 1.807) is 23.0 Å². The monoisotopic (exact) mass is 323 g/mol. The van der Waals surface area contributed by atoms with E-state index in [0.717, 1.165) is 5.69 Å². The summed E-state index contributed by atoms with van der Waals surface area (Å²) in [5.41, 5.74) is 2.68. The topological polar surface area (TPSA) is 61.0 Å². The Hall–Kier alpha value is -3.28. The van der Waals surface area contributed by atoms with E-state index < -0.39 is 4.92 Å². The van der Waals surface area contributed by atoms with Crippen molar-refractivity contribution in [1.29, 1.82) is 0 Å². The van der Waals surface area contributed by atoms with Gasteiger partial charge in [-0.1, -0.05) is 18.2 Å². The third-order valence-electron chi connectivity index (χ3n) is 3.53. The summed E-state index contributed by atoms with van der Waals surface area (Å²) in [5, 5.41) is 15.5. The van der Waals surface area contributed by atoms with E-state index in [0.29, 0.717) is 16.8 Å². The molecule has 0 amide bonds. The van der Waals surface area contributed by atoms with Crippen LogP contribution in [0.25, 0.3) is 23.0 Å². The Labute approximate surface area is 137 Å². The smallest absolute Gasteiger partial charge is 0.243 e. The molecule has 2 aromatic carbocycles. The summed E-state index contributed by atoms with van der Waals surface area (Å²) < 4.78 is 14.8. The summed E-state index contributed by atoms with van der Waals surface area (Å²) in [6, 6.07) is 15.3. The lowest BCUT2D eigenvalue weighted by Gasteiger charge is -2.00. The van der Waals surface area contributed by atoms with Gasteiger partial charge in [0.15, 0.2) is 0 Å². The van der Waals surface area contributed by atoms with Crippen LogP contribution < -0.4 is 0 Å². The van der Waals surface area contributed by atoms with Crippen molar-refractivity contribution in [2.75, 3.05) is 0 Å². The minimum absolute atomic E-state index is 0.00553. The van der Waals surface area contributed by atoms with Crippen LogP contribution in [0.15, 0.2) is 66.5 Å². The van der Waals surface area contributed by atoms with Gasteiger partial charge in [-0.2, -0.15) is 5.10 Å². The molecule has 0 aliphatic heterocycles. The summed E-state index contributed by atoms with van der Waals surface area (Å²) in [4.78, 5) is 10.5. The Kier molecular flexibility index (Phi) is 4.20. The zero-order valence-electron chi connectivity index (χ0n) is 12.9.